The van der Waals surface area contributed by atoms with Gasteiger partial charge in [-0.1, -0.05) is 0 Å². The van der Waals surface area contributed by atoms with E-state index >= 15 is 0 Å². The fourth-order valence-corrected chi connectivity index (χ4v) is 4.95. The van der Waals surface area contributed by atoms with Crippen LogP contribution < -0.4 is 5.32 Å². The molecule has 1 atom stereocenters. The second-order valence-corrected chi connectivity index (χ2v) is 8.56. The van der Waals surface area contributed by atoms with E-state index in [1.54, 1.807) is 11.3 Å². The van der Waals surface area contributed by atoms with Crippen molar-refractivity contribution >= 4 is 55.6 Å². The van der Waals surface area contributed by atoms with E-state index in [0.717, 1.165) is 47.4 Å². The van der Waals surface area contributed by atoms with E-state index in [0.29, 0.717) is 5.25 Å². The first kappa shape index (κ1) is 16.1. The molecule has 3 heterocycles. The van der Waals surface area contributed by atoms with Gasteiger partial charge in [0.1, 0.15) is 0 Å². The Morgan fingerprint density at radius 3 is 3.00 bits per heavy atom. The van der Waals surface area contributed by atoms with Crippen LogP contribution in [0.4, 0.5) is 11.4 Å². The molecule has 130 valence electrons. The quantitative estimate of drug-likeness (QED) is 0.509. The normalized spacial score (nSPS) is 17.2. The summed E-state index contributed by atoms with van der Waals surface area (Å²) < 4.78 is 6.70. The highest BCUT2D eigenvalue weighted by Crippen LogP contribution is 2.33. The molecule has 4 nitrogen and oxygen atoms in total. The molecule has 0 spiro atoms. The molecule has 2 aromatic carbocycles. The highest BCUT2D eigenvalue weighted by molar-refractivity contribution is 8.00. The summed E-state index contributed by atoms with van der Waals surface area (Å²) in [4.78, 5) is 10.2. The molecule has 1 saturated heterocycles. The first-order valence-corrected chi connectivity index (χ1v) is 10.3. The minimum absolute atomic E-state index is 0.549. The fraction of sp³-hybridized carbons (Fsp3) is 0.200. The van der Waals surface area contributed by atoms with E-state index < -0.39 is 0 Å². The van der Waals surface area contributed by atoms with E-state index in [2.05, 4.69) is 51.7 Å². The first-order chi connectivity index (χ1) is 12.8. The van der Waals surface area contributed by atoms with Gasteiger partial charge in [0, 0.05) is 39.7 Å². The molecule has 0 amide bonds. The number of anilines is 2. The van der Waals surface area contributed by atoms with Crippen LogP contribution in [0.25, 0.3) is 21.1 Å². The Hall–Kier alpha value is -2.15. The lowest BCUT2D eigenvalue weighted by Gasteiger charge is -2.12. The van der Waals surface area contributed by atoms with Crippen molar-refractivity contribution in [1.29, 1.82) is 0 Å². The van der Waals surface area contributed by atoms with Crippen LogP contribution in [0.3, 0.4) is 0 Å². The van der Waals surface area contributed by atoms with Gasteiger partial charge >= 0.3 is 0 Å². The van der Waals surface area contributed by atoms with Crippen molar-refractivity contribution in [3.63, 3.8) is 0 Å². The molecule has 2 aromatic heterocycles. The number of nitrogens with one attached hydrogen (secondary N) is 1. The van der Waals surface area contributed by atoms with E-state index in [9.17, 15) is 0 Å². The third-order valence-corrected chi connectivity index (χ3v) is 6.55. The summed E-state index contributed by atoms with van der Waals surface area (Å²) in [6.07, 6.45) is 2.97. The molecule has 1 aliphatic heterocycles. The predicted molar refractivity (Wildman–Crippen MR) is 110 cm³/mol. The molecular formula is C20H17N3OS2. The third kappa shape index (κ3) is 3.16. The van der Waals surface area contributed by atoms with Crippen LogP contribution in [0.15, 0.2) is 59.1 Å². The Bertz CT molecular complexity index is 1070. The van der Waals surface area contributed by atoms with Crippen molar-refractivity contribution in [3.8, 4) is 0 Å². The summed E-state index contributed by atoms with van der Waals surface area (Å²) in [5, 5.41) is 5.22. The predicted octanol–water partition coefficient (Wildman–Crippen LogP) is 5.47. The first-order valence-electron chi connectivity index (χ1n) is 8.59. The van der Waals surface area contributed by atoms with Crippen molar-refractivity contribution in [1.82, 2.24) is 9.97 Å². The molecule has 0 aliphatic carbocycles. The second kappa shape index (κ2) is 6.87. The van der Waals surface area contributed by atoms with Crippen LogP contribution in [0.2, 0.25) is 0 Å². The summed E-state index contributed by atoms with van der Waals surface area (Å²) in [6.45, 7) is 1.72. The van der Waals surface area contributed by atoms with Crippen molar-refractivity contribution < 1.29 is 4.74 Å². The average molecular weight is 380 g/mol. The Balaban J connectivity index is 1.49. The monoisotopic (exact) mass is 379 g/mol. The lowest BCUT2D eigenvalue weighted by molar-refractivity contribution is 0.199. The van der Waals surface area contributed by atoms with Gasteiger partial charge in [0.15, 0.2) is 0 Å². The Labute approximate surface area is 159 Å². The van der Waals surface area contributed by atoms with Gasteiger partial charge in [-0.25, -0.2) is 4.98 Å². The molecule has 1 aliphatic rings. The van der Waals surface area contributed by atoms with Crippen molar-refractivity contribution in [2.24, 2.45) is 0 Å². The van der Waals surface area contributed by atoms with Crippen molar-refractivity contribution in [2.75, 3.05) is 18.5 Å². The van der Waals surface area contributed by atoms with Gasteiger partial charge < -0.3 is 10.1 Å². The molecule has 5 rings (SSSR count). The van der Waals surface area contributed by atoms with Gasteiger partial charge in [0.25, 0.3) is 0 Å². The van der Waals surface area contributed by atoms with Crippen LogP contribution >= 0.6 is 23.1 Å². The number of ether oxygens (including phenoxy) is 1. The Morgan fingerprint density at radius 2 is 2.08 bits per heavy atom. The highest BCUT2D eigenvalue weighted by atomic mass is 32.2. The maximum Gasteiger partial charge on any atom is 0.0832 e. The van der Waals surface area contributed by atoms with Gasteiger partial charge in [-0.2, -0.15) is 0 Å². The molecule has 0 bridgehead atoms. The molecule has 0 saturated carbocycles. The van der Waals surface area contributed by atoms with E-state index in [-0.39, 0.29) is 0 Å². The zero-order valence-electron chi connectivity index (χ0n) is 14.0. The standard InChI is InChI=1S/C20H17N3OS2/c1-4-20-19(22-12-25-20)9-13(1)23-18-5-7-21-17-3-2-14(10-16(17)18)26-15-6-8-24-11-15/h1-5,7,9-10,12,15H,6,8,11H2,(H,21,23). The number of hydrogen-bond acceptors (Lipinski definition) is 6. The summed E-state index contributed by atoms with van der Waals surface area (Å²) in [5.41, 5.74) is 6.01. The van der Waals surface area contributed by atoms with Crippen LogP contribution in [-0.4, -0.2) is 28.4 Å². The van der Waals surface area contributed by atoms with E-state index in [1.165, 1.54) is 9.60 Å². The topological polar surface area (TPSA) is 47.0 Å². The number of thiazole rings is 1. The number of benzene rings is 2. The Kier molecular flexibility index (Phi) is 4.24. The number of fused-ring (bicyclic) bond motifs is 2. The zero-order valence-corrected chi connectivity index (χ0v) is 15.6. The lowest BCUT2D eigenvalue weighted by Crippen LogP contribution is -2.00. The summed E-state index contributed by atoms with van der Waals surface area (Å²) >= 11 is 3.55. The molecule has 4 aromatic rings. The maximum atomic E-state index is 5.50. The smallest absolute Gasteiger partial charge is 0.0832 e. The highest BCUT2D eigenvalue weighted by Gasteiger charge is 2.17. The largest absolute Gasteiger partial charge is 0.380 e. The summed E-state index contributed by atoms with van der Waals surface area (Å²) in [5.74, 6) is 0. The lowest BCUT2D eigenvalue weighted by atomic mass is 10.2. The molecule has 26 heavy (non-hydrogen) atoms. The number of hydrogen-bond donors (Lipinski definition) is 1. The van der Waals surface area contributed by atoms with Crippen molar-refractivity contribution in [3.05, 3.63) is 54.2 Å². The van der Waals surface area contributed by atoms with Crippen LogP contribution in [-0.2, 0) is 4.74 Å². The number of nitrogens with zero attached hydrogens (tertiary/aromatic N) is 2. The third-order valence-electron chi connectivity index (χ3n) is 4.51. The summed E-state index contributed by atoms with van der Waals surface area (Å²) in [6, 6.07) is 14.8. The molecule has 0 radical (unpaired) electrons. The van der Waals surface area contributed by atoms with Gasteiger partial charge in [-0.05, 0) is 48.9 Å². The van der Waals surface area contributed by atoms with Crippen molar-refractivity contribution in [2.45, 2.75) is 16.6 Å². The summed E-state index contributed by atoms with van der Waals surface area (Å²) in [7, 11) is 0. The van der Waals surface area contributed by atoms with Crippen LogP contribution in [0, 0.1) is 0 Å². The van der Waals surface area contributed by atoms with Gasteiger partial charge in [0.2, 0.25) is 0 Å². The molecular weight excluding hydrogens is 362 g/mol. The number of pyridine rings is 1. The van der Waals surface area contributed by atoms with Crippen LogP contribution in [0.1, 0.15) is 6.42 Å². The minimum Gasteiger partial charge on any atom is -0.380 e. The molecule has 1 N–H and O–H groups in total. The zero-order chi connectivity index (χ0) is 17.3. The Morgan fingerprint density at radius 1 is 1.08 bits per heavy atom. The van der Waals surface area contributed by atoms with Gasteiger partial charge in [0.05, 0.1) is 27.9 Å². The number of rotatable bonds is 4. The maximum absolute atomic E-state index is 5.50. The molecule has 1 unspecified atom stereocenters. The van der Waals surface area contributed by atoms with Gasteiger partial charge in [-0.15, -0.1) is 23.1 Å². The van der Waals surface area contributed by atoms with Gasteiger partial charge in [-0.3, -0.25) is 4.98 Å². The van der Waals surface area contributed by atoms with E-state index in [4.69, 9.17) is 4.74 Å². The molecule has 6 heteroatoms. The number of thioether (sulfide) groups is 1. The van der Waals surface area contributed by atoms with Crippen LogP contribution in [0.5, 0.6) is 0 Å². The van der Waals surface area contributed by atoms with E-state index in [1.807, 2.05) is 29.5 Å². The number of aromatic nitrogens is 2. The molecule has 1 fully saturated rings. The minimum atomic E-state index is 0.549. The SMILES string of the molecule is c1cc(Nc2ccc3scnc3c2)c2cc(SC3CCOC3)ccc2n1. The average Bonchev–Trinajstić information content (AvgIpc) is 3.33. The fourth-order valence-electron chi connectivity index (χ4n) is 3.20. The second-order valence-electron chi connectivity index (χ2n) is 6.30.